The van der Waals surface area contributed by atoms with Crippen molar-refractivity contribution in [1.29, 1.82) is 0 Å². The quantitative estimate of drug-likeness (QED) is 0.689. The molecule has 0 saturated heterocycles. The first-order valence-corrected chi connectivity index (χ1v) is 7.51. The van der Waals surface area contributed by atoms with E-state index in [9.17, 15) is 8.60 Å². The second kappa shape index (κ2) is 4.90. The molecule has 0 radical (unpaired) electrons. The number of rotatable bonds is 2. The van der Waals surface area contributed by atoms with Crippen LogP contribution in [0.25, 0.3) is 10.9 Å². The molecule has 3 rings (SSSR count). The molecule has 2 aromatic carbocycles. The lowest BCUT2D eigenvalue weighted by Gasteiger charge is -2.05. The summed E-state index contributed by atoms with van der Waals surface area (Å²) in [7, 11) is -1.46. The average molecular weight is 338 g/mol. The van der Waals surface area contributed by atoms with E-state index in [1.165, 1.54) is 10.0 Å². The fourth-order valence-corrected chi connectivity index (χ4v) is 3.78. The van der Waals surface area contributed by atoms with Crippen molar-refractivity contribution in [1.82, 2.24) is 3.97 Å². The summed E-state index contributed by atoms with van der Waals surface area (Å²) < 4.78 is 28.6. The van der Waals surface area contributed by atoms with Crippen LogP contribution >= 0.6 is 15.9 Å². The van der Waals surface area contributed by atoms with Crippen molar-refractivity contribution in [2.45, 2.75) is 4.90 Å². The molecule has 0 aliphatic heterocycles. The molecule has 96 valence electrons. The molecule has 3 aromatic rings. The van der Waals surface area contributed by atoms with Crippen LogP contribution in [-0.4, -0.2) is 8.18 Å². The topological polar surface area (TPSA) is 22.0 Å². The normalized spacial score (nSPS) is 12.7. The van der Waals surface area contributed by atoms with Crippen molar-refractivity contribution in [2.75, 3.05) is 0 Å². The van der Waals surface area contributed by atoms with Gasteiger partial charge in [0.2, 0.25) is 0 Å². The number of para-hydroxylation sites is 1. The maximum Gasteiger partial charge on any atom is 0.157 e. The number of halogens is 2. The monoisotopic (exact) mass is 337 g/mol. The van der Waals surface area contributed by atoms with Crippen molar-refractivity contribution in [3.8, 4) is 0 Å². The number of hydrogen-bond acceptors (Lipinski definition) is 1. The third kappa shape index (κ3) is 2.13. The molecule has 0 saturated carbocycles. The predicted molar refractivity (Wildman–Crippen MR) is 77.8 cm³/mol. The van der Waals surface area contributed by atoms with E-state index in [1.54, 1.807) is 30.5 Å². The molecule has 0 aliphatic carbocycles. The smallest absolute Gasteiger partial charge is 0.157 e. The van der Waals surface area contributed by atoms with Gasteiger partial charge in [-0.1, -0.05) is 30.3 Å². The van der Waals surface area contributed by atoms with E-state index in [4.69, 9.17) is 0 Å². The lowest BCUT2D eigenvalue weighted by Crippen LogP contribution is -2.04. The molecular formula is C14H9BrFNOS. The van der Waals surface area contributed by atoms with E-state index < -0.39 is 11.0 Å². The Bertz CT molecular complexity index is 770. The Labute approximate surface area is 120 Å². The lowest BCUT2D eigenvalue weighted by atomic mass is 10.2. The van der Waals surface area contributed by atoms with Gasteiger partial charge in [-0.2, -0.15) is 0 Å². The number of hydrogen-bond donors (Lipinski definition) is 0. The van der Waals surface area contributed by atoms with Crippen molar-refractivity contribution in [2.24, 2.45) is 0 Å². The Kier molecular flexibility index (Phi) is 3.24. The average Bonchev–Trinajstić information content (AvgIpc) is 2.78. The van der Waals surface area contributed by atoms with Gasteiger partial charge >= 0.3 is 0 Å². The van der Waals surface area contributed by atoms with Gasteiger partial charge < -0.3 is 0 Å². The summed E-state index contributed by atoms with van der Waals surface area (Å²) in [6, 6.07) is 13.8. The van der Waals surface area contributed by atoms with Gasteiger partial charge in [-0.05, 0) is 34.1 Å². The lowest BCUT2D eigenvalue weighted by molar-refractivity contribution is 0.634. The maximum absolute atomic E-state index is 14.0. The first-order valence-electron chi connectivity index (χ1n) is 5.61. The summed E-state index contributed by atoms with van der Waals surface area (Å²) in [5.41, 5.74) is 0.344. The third-order valence-electron chi connectivity index (χ3n) is 2.82. The van der Waals surface area contributed by atoms with Gasteiger partial charge in [0.1, 0.15) is 5.82 Å². The highest BCUT2D eigenvalue weighted by atomic mass is 79.9. The molecule has 0 fully saturated rings. The number of benzene rings is 2. The van der Waals surface area contributed by atoms with Gasteiger partial charge in [-0.25, -0.2) is 8.60 Å². The number of nitrogens with zero attached hydrogens (tertiary/aromatic N) is 1. The third-order valence-corrected chi connectivity index (χ3v) is 4.77. The molecule has 1 atom stereocenters. The standard InChI is InChI=1S/C14H9BrFNOS/c15-12-9-17(14-11(12)7-4-8-13(14)16)19(18)10-5-2-1-3-6-10/h1-9H. The SMILES string of the molecule is O=S(c1ccccc1)n1cc(Br)c2cccc(F)c21. The fourth-order valence-electron chi connectivity index (χ4n) is 1.95. The van der Waals surface area contributed by atoms with Crippen molar-refractivity contribution >= 4 is 37.8 Å². The van der Waals surface area contributed by atoms with Crippen molar-refractivity contribution < 1.29 is 8.60 Å². The van der Waals surface area contributed by atoms with E-state index in [-0.39, 0.29) is 5.82 Å². The zero-order valence-electron chi connectivity index (χ0n) is 9.72. The van der Waals surface area contributed by atoms with Crippen molar-refractivity contribution in [3.05, 3.63) is 65.0 Å². The molecule has 1 aromatic heterocycles. The molecule has 2 nitrogen and oxygen atoms in total. The molecule has 5 heteroatoms. The van der Waals surface area contributed by atoms with Crippen LogP contribution in [0.3, 0.4) is 0 Å². The highest BCUT2D eigenvalue weighted by molar-refractivity contribution is 9.10. The molecule has 0 spiro atoms. The second-order valence-corrected chi connectivity index (χ2v) is 6.22. The van der Waals surface area contributed by atoms with Gasteiger partial charge in [0, 0.05) is 16.1 Å². The zero-order chi connectivity index (χ0) is 13.4. The minimum Gasteiger partial charge on any atom is -0.258 e. The van der Waals surface area contributed by atoms with Crippen LogP contribution in [0.1, 0.15) is 0 Å². The van der Waals surface area contributed by atoms with Gasteiger partial charge in [0.15, 0.2) is 11.0 Å². The first kappa shape index (κ1) is 12.6. The number of fused-ring (bicyclic) bond motifs is 1. The highest BCUT2D eigenvalue weighted by Gasteiger charge is 2.15. The van der Waals surface area contributed by atoms with Crippen LogP contribution in [0.2, 0.25) is 0 Å². The molecule has 1 unspecified atom stereocenters. The Balaban J connectivity index is 2.24. The summed E-state index contributed by atoms with van der Waals surface area (Å²) in [5.74, 6) is -0.382. The molecular weight excluding hydrogens is 329 g/mol. The minimum absolute atomic E-state index is 0.344. The Morgan fingerprint density at radius 3 is 2.53 bits per heavy atom. The largest absolute Gasteiger partial charge is 0.258 e. The molecule has 0 N–H and O–H groups in total. The Morgan fingerprint density at radius 1 is 1.05 bits per heavy atom. The first-order chi connectivity index (χ1) is 9.18. The van der Waals surface area contributed by atoms with Gasteiger partial charge in [-0.3, -0.25) is 3.97 Å². The van der Waals surface area contributed by atoms with Gasteiger partial charge in [-0.15, -0.1) is 0 Å². The predicted octanol–water partition coefficient (Wildman–Crippen LogP) is 4.11. The minimum atomic E-state index is -1.46. The van der Waals surface area contributed by atoms with Crippen LogP contribution in [0.5, 0.6) is 0 Å². The van der Waals surface area contributed by atoms with E-state index in [1.807, 2.05) is 18.2 Å². The van der Waals surface area contributed by atoms with E-state index in [0.717, 1.165) is 4.47 Å². The highest BCUT2D eigenvalue weighted by Crippen LogP contribution is 2.29. The van der Waals surface area contributed by atoms with Crippen LogP contribution in [-0.2, 0) is 11.0 Å². The summed E-state index contributed by atoms with van der Waals surface area (Å²) >= 11 is 3.37. The summed E-state index contributed by atoms with van der Waals surface area (Å²) in [4.78, 5) is 0.634. The van der Waals surface area contributed by atoms with E-state index >= 15 is 0 Å². The number of aromatic nitrogens is 1. The summed E-state index contributed by atoms with van der Waals surface area (Å²) in [6.45, 7) is 0. The van der Waals surface area contributed by atoms with Crippen LogP contribution < -0.4 is 0 Å². The van der Waals surface area contributed by atoms with E-state index in [0.29, 0.717) is 15.8 Å². The van der Waals surface area contributed by atoms with Gasteiger partial charge in [0.25, 0.3) is 0 Å². The van der Waals surface area contributed by atoms with Crippen LogP contribution in [0.15, 0.2) is 64.1 Å². The Morgan fingerprint density at radius 2 is 1.79 bits per heavy atom. The Hall–Kier alpha value is -1.46. The fraction of sp³-hybridized carbons (Fsp3) is 0. The van der Waals surface area contributed by atoms with Crippen LogP contribution in [0, 0.1) is 5.82 Å². The molecule has 1 heterocycles. The summed E-state index contributed by atoms with van der Waals surface area (Å²) in [5, 5.41) is 0.712. The summed E-state index contributed by atoms with van der Waals surface area (Å²) in [6.07, 6.45) is 1.65. The molecule has 19 heavy (non-hydrogen) atoms. The molecule has 0 bridgehead atoms. The van der Waals surface area contributed by atoms with E-state index in [2.05, 4.69) is 15.9 Å². The maximum atomic E-state index is 14.0. The molecule has 0 amide bonds. The van der Waals surface area contributed by atoms with Gasteiger partial charge in [0.05, 0.1) is 10.4 Å². The molecule has 0 aliphatic rings. The van der Waals surface area contributed by atoms with Crippen LogP contribution in [0.4, 0.5) is 4.39 Å². The second-order valence-electron chi connectivity index (χ2n) is 4.00. The zero-order valence-corrected chi connectivity index (χ0v) is 12.1. The van der Waals surface area contributed by atoms with Crippen molar-refractivity contribution in [3.63, 3.8) is 0 Å².